The van der Waals surface area contributed by atoms with Gasteiger partial charge in [0.2, 0.25) is 0 Å². The Labute approximate surface area is 56.1 Å². The maximum Gasteiger partial charge on any atom is 0.0258 e. The van der Waals surface area contributed by atoms with Crippen LogP contribution in [0.2, 0.25) is 0 Å². The van der Waals surface area contributed by atoms with Crippen LogP contribution in [-0.4, -0.2) is 6.04 Å². The summed E-state index contributed by atoms with van der Waals surface area (Å²) < 4.78 is 0. The van der Waals surface area contributed by atoms with Gasteiger partial charge in [0.15, 0.2) is 0 Å². The third kappa shape index (κ3) is 0.752. The number of hydrogen-bond acceptors (Lipinski definition) is 1. The van der Waals surface area contributed by atoms with Gasteiger partial charge < -0.3 is 5.32 Å². The lowest BCUT2D eigenvalue weighted by atomic mass is 9.80. The van der Waals surface area contributed by atoms with Crippen LogP contribution in [0.3, 0.4) is 0 Å². The molecule has 9 heavy (non-hydrogen) atoms. The van der Waals surface area contributed by atoms with Gasteiger partial charge in [-0.25, -0.2) is 0 Å². The lowest BCUT2D eigenvalue weighted by molar-refractivity contribution is 0.262. The number of piperidine rings is 2. The molecule has 1 saturated carbocycles. The van der Waals surface area contributed by atoms with E-state index in [9.17, 15) is 0 Å². The third-order valence-electron chi connectivity index (χ3n) is 2.61. The zero-order valence-electron chi connectivity index (χ0n) is 5.69. The Morgan fingerprint density at radius 2 is 1.89 bits per heavy atom. The van der Waals surface area contributed by atoms with Crippen LogP contribution in [0, 0.1) is 5.92 Å². The highest BCUT2D eigenvalue weighted by Gasteiger charge is 2.29. The van der Waals surface area contributed by atoms with Crippen molar-refractivity contribution < 1.29 is 0 Å². The third-order valence-corrected chi connectivity index (χ3v) is 2.61. The van der Waals surface area contributed by atoms with Gasteiger partial charge in [0.25, 0.3) is 0 Å². The van der Waals surface area contributed by atoms with Crippen LogP contribution in [0.25, 0.3) is 0 Å². The van der Waals surface area contributed by atoms with E-state index in [4.69, 9.17) is 0 Å². The van der Waals surface area contributed by atoms with Crippen LogP contribution in [-0.2, 0) is 0 Å². The second-order valence-corrected chi connectivity index (χ2v) is 3.22. The first kappa shape index (κ1) is 5.33. The summed E-state index contributed by atoms with van der Waals surface area (Å²) >= 11 is 0. The second-order valence-electron chi connectivity index (χ2n) is 3.22. The predicted octanol–water partition coefficient (Wildman–Crippen LogP) is 1.66. The summed E-state index contributed by atoms with van der Waals surface area (Å²) in [5.74, 6) is 0.815. The minimum Gasteiger partial charge on any atom is -0.386 e. The van der Waals surface area contributed by atoms with Crippen LogP contribution < -0.4 is 5.32 Å². The van der Waals surface area contributed by atoms with E-state index in [0.717, 1.165) is 12.0 Å². The molecule has 3 aliphatic rings. The Bertz CT molecular complexity index is 132. The fraction of sp³-hybridized carbons (Fsp3) is 0.750. The van der Waals surface area contributed by atoms with Crippen molar-refractivity contribution in [2.24, 2.45) is 5.92 Å². The average molecular weight is 123 g/mol. The van der Waals surface area contributed by atoms with Crippen molar-refractivity contribution in [2.75, 3.05) is 0 Å². The first-order chi connectivity index (χ1) is 4.36. The molecule has 0 amide bonds. The normalized spacial score (nSPS) is 40.7. The van der Waals surface area contributed by atoms with E-state index < -0.39 is 0 Å². The lowest BCUT2D eigenvalue weighted by Crippen LogP contribution is -2.41. The van der Waals surface area contributed by atoms with Gasteiger partial charge in [-0.3, -0.25) is 0 Å². The number of nitrogens with one attached hydrogen (secondary N) is 1. The van der Waals surface area contributed by atoms with Crippen molar-refractivity contribution >= 4 is 0 Å². The monoisotopic (exact) mass is 123 g/mol. The van der Waals surface area contributed by atoms with Crippen molar-refractivity contribution in [3.8, 4) is 0 Å². The Morgan fingerprint density at radius 1 is 1.22 bits per heavy atom. The Morgan fingerprint density at radius 3 is 2.11 bits per heavy atom. The van der Waals surface area contributed by atoms with Gasteiger partial charge in [-0.2, -0.15) is 0 Å². The summed E-state index contributed by atoms with van der Waals surface area (Å²) in [7, 11) is 0. The highest BCUT2D eigenvalue weighted by atomic mass is 15.0. The number of hydrogen-bond donors (Lipinski definition) is 1. The van der Waals surface area contributed by atoms with Gasteiger partial charge in [0, 0.05) is 11.7 Å². The minimum absolute atomic E-state index is 0.780. The zero-order chi connectivity index (χ0) is 6.27. The van der Waals surface area contributed by atoms with E-state index in [1.54, 1.807) is 0 Å². The Balaban J connectivity index is 2.15. The summed E-state index contributed by atoms with van der Waals surface area (Å²) in [6.07, 6.45) is 5.53. The van der Waals surface area contributed by atoms with E-state index in [2.05, 4.69) is 11.9 Å². The molecule has 50 valence electrons. The first-order valence-corrected chi connectivity index (χ1v) is 3.81. The quantitative estimate of drug-likeness (QED) is 0.516. The van der Waals surface area contributed by atoms with Gasteiger partial charge in [-0.15, -0.1) is 0 Å². The summed E-state index contributed by atoms with van der Waals surface area (Å²) in [6, 6.07) is 0.780. The molecule has 0 spiro atoms. The van der Waals surface area contributed by atoms with Crippen LogP contribution >= 0.6 is 0 Å². The first-order valence-electron chi connectivity index (χ1n) is 3.81. The molecule has 2 heterocycles. The average Bonchev–Trinajstić information content (AvgIpc) is 1.90. The summed E-state index contributed by atoms with van der Waals surface area (Å²) in [6.45, 7) is 3.99. The Kier molecular flexibility index (Phi) is 1.04. The molecule has 1 nitrogen and oxygen atoms in total. The molecule has 1 aliphatic carbocycles. The summed E-state index contributed by atoms with van der Waals surface area (Å²) in [4.78, 5) is 0. The summed E-state index contributed by atoms with van der Waals surface area (Å²) in [5, 5.41) is 3.42. The van der Waals surface area contributed by atoms with Gasteiger partial charge in [-0.05, 0) is 31.6 Å². The molecule has 2 saturated heterocycles. The van der Waals surface area contributed by atoms with Crippen molar-refractivity contribution in [3.05, 3.63) is 12.3 Å². The second kappa shape index (κ2) is 1.76. The van der Waals surface area contributed by atoms with Gasteiger partial charge in [0.05, 0.1) is 0 Å². The molecule has 0 aromatic heterocycles. The van der Waals surface area contributed by atoms with Crippen molar-refractivity contribution in [3.63, 3.8) is 0 Å². The molecule has 3 fully saturated rings. The molecular formula is C8H13N. The van der Waals surface area contributed by atoms with Gasteiger partial charge in [0.1, 0.15) is 0 Å². The maximum absolute atomic E-state index is 3.99. The van der Waals surface area contributed by atoms with Crippen molar-refractivity contribution in [2.45, 2.75) is 31.7 Å². The smallest absolute Gasteiger partial charge is 0.0258 e. The predicted molar refractivity (Wildman–Crippen MR) is 38.0 cm³/mol. The molecule has 0 radical (unpaired) electrons. The van der Waals surface area contributed by atoms with E-state index in [1.165, 1.54) is 31.4 Å². The molecule has 0 unspecified atom stereocenters. The van der Waals surface area contributed by atoms with E-state index >= 15 is 0 Å². The highest BCUT2D eigenvalue weighted by molar-refractivity contribution is 5.07. The fourth-order valence-electron chi connectivity index (χ4n) is 1.97. The van der Waals surface area contributed by atoms with Gasteiger partial charge >= 0.3 is 0 Å². The largest absolute Gasteiger partial charge is 0.386 e. The van der Waals surface area contributed by atoms with Crippen LogP contribution in [0.1, 0.15) is 25.7 Å². The lowest BCUT2D eigenvalue weighted by Gasteiger charge is -2.39. The number of rotatable bonds is 0. The van der Waals surface area contributed by atoms with E-state index in [-0.39, 0.29) is 0 Å². The molecule has 3 rings (SSSR count). The molecule has 1 heteroatoms. The van der Waals surface area contributed by atoms with Crippen LogP contribution in [0.15, 0.2) is 12.3 Å². The Hall–Kier alpha value is -0.460. The van der Waals surface area contributed by atoms with Gasteiger partial charge in [-0.1, -0.05) is 6.58 Å². The molecule has 2 bridgehead atoms. The maximum atomic E-state index is 3.99. The van der Waals surface area contributed by atoms with Crippen molar-refractivity contribution in [1.29, 1.82) is 0 Å². The molecule has 1 N–H and O–H groups in total. The molecular weight excluding hydrogens is 110 g/mol. The van der Waals surface area contributed by atoms with Crippen LogP contribution in [0.4, 0.5) is 0 Å². The minimum atomic E-state index is 0.780. The molecule has 0 aromatic carbocycles. The SMILES string of the molecule is C=C1NC2CCC1CC2. The molecule has 0 atom stereocenters. The molecule has 0 aromatic rings. The fourth-order valence-corrected chi connectivity index (χ4v) is 1.97. The van der Waals surface area contributed by atoms with Crippen molar-refractivity contribution in [1.82, 2.24) is 5.32 Å². The summed E-state index contributed by atoms with van der Waals surface area (Å²) in [5.41, 5.74) is 1.30. The topological polar surface area (TPSA) is 12.0 Å². The highest BCUT2D eigenvalue weighted by Crippen LogP contribution is 2.33. The molecule has 2 aliphatic heterocycles. The number of allylic oxidation sites excluding steroid dienone is 1. The van der Waals surface area contributed by atoms with E-state index in [0.29, 0.717) is 0 Å². The number of fused-ring (bicyclic) bond motifs is 3. The standard InChI is InChI=1S/C8H13N/c1-6-7-2-4-8(9-6)5-3-7/h7-9H,1-5H2. The van der Waals surface area contributed by atoms with E-state index in [1.807, 2.05) is 0 Å². The van der Waals surface area contributed by atoms with Crippen LogP contribution in [0.5, 0.6) is 0 Å². The zero-order valence-corrected chi connectivity index (χ0v) is 5.69.